The van der Waals surface area contributed by atoms with Crippen LogP contribution in [0.25, 0.3) is 0 Å². The summed E-state index contributed by atoms with van der Waals surface area (Å²) in [5, 5.41) is 9.26. The van der Waals surface area contributed by atoms with Crippen molar-refractivity contribution in [2.24, 2.45) is 0 Å². The Morgan fingerprint density at radius 1 is 1.42 bits per heavy atom. The van der Waals surface area contributed by atoms with E-state index in [2.05, 4.69) is 0 Å². The van der Waals surface area contributed by atoms with Gasteiger partial charge in [-0.2, -0.15) is 0 Å². The molecule has 0 aromatic heterocycles. The molecule has 1 fully saturated rings. The summed E-state index contributed by atoms with van der Waals surface area (Å²) in [6, 6.07) is 5.58. The number of aryl methyl sites for hydroxylation is 2. The largest absolute Gasteiger partial charge is 0.484 e. The van der Waals surface area contributed by atoms with Crippen LogP contribution in [-0.2, 0) is 4.79 Å². The Kier molecular flexibility index (Phi) is 4.04. The van der Waals surface area contributed by atoms with Gasteiger partial charge in [0.25, 0.3) is 5.91 Å². The first-order valence-electron chi connectivity index (χ1n) is 6.27. The van der Waals surface area contributed by atoms with Crippen molar-refractivity contribution < 1.29 is 19.0 Å². The Labute approximate surface area is 111 Å². The third-order valence-corrected chi connectivity index (χ3v) is 3.41. The van der Waals surface area contributed by atoms with Crippen molar-refractivity contribution in [3.8, 4) is 5.75 Å². The molecule has 2 atom stereocenters. The molecular formula is C14H18FNO3. The zero-order valence-corrected chi connectivity index (χ0v) is 11.1. The Morgan fingerprint density at radius 3 is 2.74 bits per heavy atom. The highest BCUT2D eigenvalue weighted by Gasteiger charge is 2.33. The minimum Gasteiger partial charge on any atom is -0.484 e. The van der Waals surface area contributed by atoms with Gasteiger partial charge < -0.3 is 14.7 Å². The number of halogens is 1. The minimum absolute atomic E-state index is 0.0380. The van der Waals surface area contributed by atoms with E-state index in [1.54, 1.807) is 6.07 Å². The summed E-state index contributed by atoms with van der Waals surface area (Å²) in [6.07, 6.45) is -2.43. The summed E-state index contributed by atoms with van der Waals surface area (Å²) in [5.41, 5.74) is 2.24. The summed E-state index contributed by atoms with van der Waals surface area (Å²) < 4.78 is 18.5. The lowest BCUT2D eigenvalue weighted by Crippen LogP contribution is -2.33. The second kappa shape index (κ2) is 5.57. The van der Waals surface area contributed by atoms with Gasteiger partial charge in [-0.1, -0.05) is 6.07 Å². The Bertz CT molecular complexity index is 468. The van der Waals surface area contributed by atoms with Gasteiger partial charge in [0.15, 0.2) is 6.61 Å². The van der Waals surface area contributed by atoms with E-state index in [9.17, 15) is 14.3 Å². The second-order valence-corrected chi connectivity index (χ2v) is 4.92. The molecule has 1 aromatic rings. The lowest BCUT2D eigenvalue weighted by Gasteiger charge is -2.15. The maximum absolute atomic E-state index is 13.1. The highest BCUT2D eigenvalue weighted by Crippen LogP contribution is 2.17. The minimum atomic E-state index is -1.36. The van der Waals surface area contributed by atoms with E-state index in [4.69, 9.17) is 4.74 Å². The highest BCUT2D eigenvalue weighted by molar-refractivity contribution is 5.78. The third-order valence-electron chi connectivity index (χ3n) is 3.41. The van der Waals surface area contributed by atoms with Gasteiger partial charge in [0.1, 0.15) is 18.0 Å². The van der Waals surface area contributed by atoms with Gasteiger partial charge in [-0.15, -0.1) is 0 Å². The standard InChI is InChI=1S/C14H18FNO3/c1-9-3-4-11(5-10(9)2)19-8-14(18)16-6-12(15)13(17)7-16/h3-5,12-13,17H,6-8H2,1-2H3/t12-,13-/m1/s1. The number of hydrogen-bond acceptors (Lipinski definition) is 3. The third kappa shape index (κ3) is 3.23. The maximum atomic E-state index is 13.1. The zero-order chi connectivity index (χ0) is 14.0. The van der Waals surface area contributed by atoms with Crippen molar-refractivity contribution in [1.29, 1.82) is 0 Å². The molecule has 0 bridgehead atoms. The van der Waals surface area contributed by atoms with E-state index < -0.39 is 12.3 Å². The summed E-state index contributed by atoms with van der Waals surface area (Å²) in [6.45, 7) is 3.81. The van der Waals surface area contributed by atoms with Crippen LogP contribution in [0, 0.1) is 13.8 Å². The molecule has 0 saturated carbocycles. The zero-order valence-electron chi connectivity index (χ0n) is 11.1. The van der Waals surface area contributed by atoms with E-state index in [0.29, 0.717) is 5.75 Å². The molecule has 0 unspecified atom stereocenters. The van der Waals surface area contributed by atoms with Crippen LogP contribution in [0.15, 0.2) is 18.2 Å². The molecule has 0 spiro atoms. The first-order chi connectivity index (χ1) is 8.97. The number of amides is 1. The molecule has 1 aliphatic rings. The molecule has 5 heteroatoms. The van der Waals surface area contributed by atoms with Crippen LogP contribution in [0.5, 0.6) is 5.75 Å². The van der Waals surface area contributed by atoms with Crippen LogP contribution in [0.2, 0.25) is 0 Å². The molecule has 1 aromatic carbocycles. The molecule has 4 nitrogen and oxygen atoms in total. The number of aliphatic hydroxyl groups excluding tert-OH is 1. The van der Waals surface area contributed by atoms with Gasteiger partial charge in [0.2, 0.25) is 0 Å². The molecule has 1 N–H and O–H groups in total. The van der Waals surface area contributed by atoms with Crippen LogP contribution in [0.4, 0.5) is 4.39 Å². The molecule has 1 amide bonds. The highest BCUT2D eigenvalue weighted by atomic mass is 19.1. The van der Waals surface area contributed by atoms with Gasteiger partial charge in [0.05, 0.1) is 6.54 Å². The van der Waals surface area contributed by atoms with Crippen LogP contribution < -0.4 is 4.74 Å². The predicted molar refractivity (Wildman–Crippen MR) is 68.9 cm³/mol. The number of ether oxygens (including phenoxy) is 1. The number of carbonyl (C=O) groups is 1. The Morgan fingerprint density at radius 2 is 2.16 bits per heavy atom. The summed E-state index contributed by atoms with van der Waals surface area (Å²) in [7, 11) is 0. The molecule has 19 heavy (non-hydrogen) atoms. The lowest BCUT2D eigenvalue weighted by molar-refractivity contribution is -0.132. The van der Waals surface area contributed by atoms with Gasteiger partial charge in [-0.3, -0.25) is 4.79 Å². The lowest BCUT2D eigenvalue weighted by atomic mass is 10.1. The molecule has 1 heterocycles. The summed E-state index contributed by atoms with van der Waals surface area (Å²) in [5.74, 6) is 0.311. The molecular weight excluding hydrogens is 249 g/mol. The number of hydrogen-bond donors (Lipinski definition) is 1. The van der Waals surface area contributed by atoms with E-state index in [0.717, 1.165) is 11.1 Å². The second-order valence-electron chi connectivity index (χ2n) is 4.92. The molecule has 0 aliphatic carbocycles. The number of alkyl halides is 1. The van der Waals surface area contributed by atoms with Crippen molar-refractivity contribution in [2.75, 3.05) is 19.7 Å². The van der Waals surface area contributed by atoms with Crippen LogP contribution in [0.1, 0.15) is 11.1 Å². The fourth-order valence-corrected chi connectivity index (χ4v) is 1.99. The number of rotatable bonds is 3. The van der Waals surface area contributed by atoms with Crippen molar-refractivity contribution in [3.05, 3.63) is 29.3 Å². The monoisotopic (exact) mass is 267 g/mol. The quantitative estimate of drug-likeness (QED) is 0.896. The fourth-order valence-electron chi connectivity index (χ4n) is 1.99. The number of nitrogens with zero attached hydrogens (tertiary/aromatic N) is 1. The van der Waals surface area contributed by atoms with E-state index in [1.165, 1.54) is 4.90 Å². The van der Waals surface area contributed by atoms with Crippen molar-refractivity contribution in [3.63, 3.8) is 0 Å². The van der Waals surface area contributed by atoms with Gasteiger partial charge >= 0.3 is 0 Å². The molecule has 0 radical (unpaired) electrons. The van der Waals surface area contributed by atoms with E-state index in [1.807, 2.05) is 26.0 Å². The molecule has 1 aliphatic heterocycles. The van der Waals surface area contributed by atoms with Gasteiger partial charge in [-0.05, 0) is 37.1 Å². The van der Waals surface area contributed by atoms with Crippen LogP contribution in [0.3, 0.4) is 0 Å². The predicted octanol–water partition coefficient (Wildman–Crippen LogP) is 1.22. The van der Waals surface area contributed by atoms with Crippen molar-refractivity contribution >= 4 is 5.91 Å². The molecule has 2 rings (SSSR count). The Hall–Kier alpha value is -1.62. The van der Waals surface area contributed by atoms with Crippen molar-refractivity contribution in [1.82, 2.24) is 4.90 Å². The molecule has 104 valence electrons. The topological polar surface area (TPSA) is 49.8 Å². The average molecular weight is 267 g/mol. The number of aliphatic hydroxyl groups is 1. The normalized spacial score (nSPS) is 22.6. The Balaban J connectivity index is 1.88. The van der Waals surface area contributed by atoms with Crippen molar-refractivity contribution in [2.45, 2.75) is 26.1 Å². The first-order valence-corrected chi connectivity index (χ1v) is 6.27. The van der Waals surface area contributed by atoms with Crippen LogP contribution in [-0.4, -0.2) is 47.9 Å². The summed E-state index contributed by atoms with van der Waals surface area (Å²) >= 11 is 0. The van der Waals surface area contributed by atoms with Gasteiger partial charge in [0, 0.05) is 6.54 Å². The average Bonchev–Trinajstić information content (AvgIpc) is 2.71. The number of likely N-dealkylation sites (tertiary alicyclic amines) is 1. The first kappa shape index (κ1) is 13.8. The number of β-amino-alcohol motifs (C(OH)–C–C–N with tert-alkyl or cyclic N) is 1. The van der Waals surface area contributed by atoms with E-state index in [-0.39, 0.29) is 25.6 Å². The SMILES string of the molecule is Cc1ccc(OCC(=O)N2C[C@@H](O)[C@H](F)C2)cc1C. The smallest absolute Gasteiger partial charge is 0.260 e. The molecule has 1 saturated heterocycles. The number of benzene rings is 1. The fraction of sp³-hybridized carbons (Fsp3) is 0.500. The van der Waals surface area contributed by atoms with Crippen LogP contribution >= 0.6 is 0 Å². The number of carbonyl (C=O) groups excluding carboxylic acids is 1. The van der Waals surface area contributed by atoms with E-state index >= 15 is 0 Å². The summed E-state index contributed by atoms with van der Waals surface area (Å²) in [4.78, 5) is 13.1. The maximum Gasteiger partial charge on any atom is 0.260 e. The van der Waals surface area contributed by atoms with Gasteiger partial charge in [-0.25, -0.2) is 4.39 Å².